The van der Waals surface area contributed by atoms with E-state index in [0.29, 0.717) is 15.9 Å². The van der Waals surface area contributed by atoms with Crippen LogP contribution < -0.4 is 10.1 Å². The maximum Gasteiger partial charge on any atom is 0.339 e. The SMILES string of the molecule is COc1cccc(NC(=O)COC(=O)c2cc(F)ccc2Br)c1. The van der Waals surface area contributed by atoms with Crippen molar-refractivity contribution in [3.63, 3.8) is 0 Å². The highest BCUT2D eigenvalue weighted by Gasteiger charge is 2.14. The van der Waals surface area contributed by atoms with Crippen LogP contribution in [0.1, 0.15) is 10.4 Å². The number of esters is 1. The molecule has 0 unspecified atom stereocenters. The molecular formula is C16H13BrFNO4. The minimum atomic E-state index is -0.794. The molecule has 0 fully saturated rings. The Bertz CT molecular complexity index is 736. The Morgan fingerprint density at radius 2 is 2.00 bits per heavy atom. The van der Waals surface area contributed by atoms with Gasteiger partial charge in [0.05, 0.1) is 12.7 Å². The molecule has 1 amide bonds. The third-order valence-corrected chi connectivity index (χ3v) is 3.53. The van der Waals surface area contributed by atoms with Gasteiger partial charge in [-0.1, -0.05) is 6.07 Å². The van der Waals surface area contributed by atoms with Gasteiger partial charge in [0.25, 0.3) is 5.91 Å². The van der Waals surface area contributed by atoms with E-state index in [1.807, 2.05) is 0 Å². The summed E-state index contributed by atoms with van der Waals surface area (Å²) in [6.45, 7) is -0.487. The first-order chi connectivity index (χ1) is 11.0. The van der Waals surface area contributed by atoms with Crippen molar-refractivity contribution in [3.05, 3.63) is 58.3 Å². The summed E-state index contributed by atoms with van der Waals surface area (Å²) in [6.07, 6.45) is 0. The first-order valence-corrected chi connectivity index (χ1v) is 7.35. The normalized spacial score (nSPS) is 10.0. The van der Waals surface area contributed by atoms with E-state index in [1.165, 1.54) is 19.2 Å². The van der Waals surface area contributed by atoms with Gasteiger partial charge < -0.3 is 14.8 Å². The molecule has 0 heterocycles. The molecule has 0 radical (unpaired) electrons. The number of hydrogen-bond acceptors (Lipinski definition) is 4. The lowest BCUT2D eigenvalue weighted by molar-refractivity contribution is -0.119. The predicted octanol–water partition coefficient (Wildman–Crippen LogP) is 3.39. The first-order valence-electron chi connectivity index (χ1n) is 6.55. The Balaban J connectivity index is 1.93. The molecule has 0 spiro atoms. The fourth-order valence-corrected chi connectivity index (χ4v) is 2.17. The summed E-state index contributed by atoms with van der Waals surface area (Å²) in [5, 5.41) is 2.57. The highest BCUT2D eigenvalue weighted by molar-refractivity contribution is 9.10. The molecule has 0 aliphatic carbocycles. The van der Waals surface area contributed by atoms with Crippen molar-refractivity contribution >= 4 is 33.5 Å². The molecule has 0 aliphatic rings. The van der Waals surface area contributed by atoms with Gasteiger partial charge in [-0.05, 0) is 46.3 Å². The van der Waals surface area contributed by atoms with Crippen molar-refractivity contribution in [1.82, 2.24) is 0 Å². The van der Waals surface area contributed by atoms with Crippen LogP contribution >= 0.6 is 15.9 Å². The van der Waals surface area contributed by atoms with Gasteiger partial charge in [0.15, 0.2) is 6.61 Å². The van der Waals surface area contributed by atoms with E-state index >= 15 is 0 Å². The molecule has 2 aromatic rings. The van der Waals surface area contributed by atoms with Gasteiger partial charge in [0, 0.05) is 16.2 Å². The largest absolute Gasteiger partial charge is 0.497 e. The molecule has 7 heteroatoms. The van der Waals surface area contributed by atoms with Gasteiger partial charge in [-0.3, -0.25) is 4.79 Å². The molecule has 0 aliphatic heterocycles. The summed E-state index contributed by atoms with van der Waals surface area (Å²) >= 11 is 3.13. The average molecular weight is 382 g/mol. The molecule has 0 atom stereocenters. The second-order valence-electron chi connectivity index (χ2n) is 4.48. The Kier molecular flexibility index (Phi) is 5.70. The number of ether oxygens (including phenoxy) is 2. The number of methoxy groups -OCH3 is 1. The first kappa shape index (κ1) is 17.0. The third-order valence-electron chi connectivity index (χ3n) is 2.84. The molecular weight excluding hydrogens is 369 g/mol. The zero-order valence-electron chi connectivity index (χ0n) is 12.1. The van der Waals surface area contributed by atoms with Crippen LogP contribution in [-0.2, 0) is 9.53 Å². The smallest absolute Gasteiger partial charge is 0.339 e. The van der Waals surface area contributed by atoms with Gasteiger partial charge >= 0.3 is 5.97 Å². The van der Waals surface area contributed by atoms with Crippen LogP contribution in [0.3, 0.4) is 0 Å². The number of hydrogen-bond donors (Lipinski definition) is 1. The summed E-state index contributed by atoms with van der Waals surface area (Å²) in [5.41, 5.74) is 0.525. The van der Waals surface area contributed by atoms with Crippen molar-refractivity contribution in [3.8, 4) is 5.75 Å². The quantitative estimate of drug-likeness (QED) is 0.806. The minimum Gasteiger partial charge on any atom is -0.497 e. The fraction of sp³-hybridized carbons (Fsp3) is 0.125. The molecule has 0 aromatic heterocycles. The molecule has 1 N–H and O–H groups in total. The molecule has 2 rings (SSSR count). The standard InChI is InChI=1S/C16H13BrFNO4/c1-22-12-4-2-3-11(8-12)19-15(20)9-23-16(21)13-7-10(18)5-6-14(13)17/h2-8H,9H2,1H3,(H,19,20). The zero-order valence-corrected chi connectivity index (χ0v) is 13.7. The summed E-state index contributed by atoms with van der Waals surface area (Å²) in [6, 6.07) is 10.4. The molecule has 0 saturated carbocycles. The van der Waals surface area contributed by atoms with E-state index in [1.54, 1.807) is 24.3 Å². The number of anilines is 1. The number of nitrogens with one attached hydrogen (secondary N) is 1. The van der Waals surface area contributed by atoms with Gasteiger partial charge in [0.2, 0.25) is 0 Å². The number of carbonyl (C=O) groups excluding carboxylic acids is 2. The van der Waals surface area contributed by atoms with E-state index in [2.05, 4.69) is 21.2 Å². The second-order valence-corrected chi connectivity index (χ2v) is 5.33. The van der Waals surface area contributed by atoms with Crippen molar-refractivity contribution in [2.75, 3.05) is 19.0 Å². The van der Waals surface area contributed by atoms with Crippen LogP contribution in [0.25, 0.3) is 0 Å². The van der Waals surface area contributed by atoms with E-state index in [4.69, 9.17) is 9.47 Å². The van der Waals surface area contributed by atoms with Crippen LogP contribution in [0.5, 0.6) is 5.75 Å². The van der Waals surface area contributed by atoms with Crippen LogP contribution in [0.4, 0.5) is 10.1 Å². The lowest BCUT2D eigenvalue weighted by atomic mass is 10.2. The van der Waals surface area contributed by atoms with Crippen LogP contribution in [0.2, 0.25) is 0 Å². The Morgan fingerprint density at radius 1 is 1.22 bits per heavy atom. The monoisotopic (exact) mass is 381 g/mol. The predicted molar refractivity (Wildman–Crippen MR) is 86.0 cm³/mol. The van der Waals surface area contributed by atoms with Crippen LogP contribution in [0, 0.1) is 5.82 Å². The summed E-state index contributed by atoms with van der Waals surface area (Å²) < 4.78 is 23.4. The summed E-state index contributed by atoms with van der Waals surface area (Å²) in [5.74, 6) is -1.29. The van der Waals surface area contributed by atoms with E-state index in [-0.39, 0.29) is 5.56 Å². The summed E-state index contributed by atoms with van der Waals surface area (Å²) in [4.78, 5) is 23.6. The maximum atomic E-state index is 13.1. The molecule has 120 valence electrons. The summed E-state index contributed by atoms with van der Waals surface area (Å²) in [7, 11) is 1.51. The molecule has 5 nitrogen and oxygen atoms in total. The van der Waals surface area contributed by atoms with Crippen LogP contribution in [0.15, 0.2) is 46.9 Å². The maximum absolute atomic E-state index is 13.1. The average Bonchev–Trinajstić information content (AvgIpc) is 2.55. The highest BCUT2D eigenvalue weighted by Crippen LogP contribution is 2.19. The fourth-order valence-electron chi connectivity index (χ4n) is 1.76. The number of halogens is 2. The molecule has 23 heavy (non-hydrogen) atoms. The number of amides is 1. The van der Waals surface area contributed by atoms with Gasteiger partial charge in [-0.2, -0.15) is 0 Å². The van der Waals surface area contributed by atoms with Gasteiger partial charge in [-0.25, -0.2) is 9.18 Å². The Hall–Kier alpha value is -2.41. The van der Waals surface area contributed by atoms with Crippen molar-refractivity contribution in [1.29, 1.82) is 0 Å². The number of rotatable bonds is 5. The molecule has 0 saturated heterocycles. The van der Waals surface area contributed by atoms with Crippen LogP contribution in [-0.4, -0.2) is 25.6 Å². The molecule has 2 aromatic carbocycles. The topological polar surface area (TPSA) is 64.6 Å². The zero-order chi connectivity index (χ0) is 16.8. The van der Waals surface area contributed by atoms with Crippen molar-refractivity contribution in [2.45, 2.75) is 0 Å². The van der Waals surface area contributed by atoms with Crippen molar-refractivity contribution in [2.24, 2.45) is 0 Å². The van der Waals surface area contributed by atoms with E-state index in [9.17, 15) is 14.0 Å². The lowest BCUT2D eigenvalue weighted by Crippen LogP contribution is -2.21. The lowest BCUT2D eigenvalue weighted by Gasteiger charge is -2.08. The Labute approximate surface area is 140 Å². The van der Waals surface area contributed by atoms with E-state index < -0.39 is 24.3 Å². The van der Waals surface area contributed by atoms with Gasteiger partial charge in [-0.15, -0.1) is 0 Å². The number of carbonyl (C=O) groups is 2. The second kappa shape index (κ2) is 7.73. The van der Waals surface area contributed by atoms with Crippen molar-refractivity contribution < 1.29 is 23.5 Å². The highest BCUT2D eigenvalue weighted by atomic mass is 79.9. The molecule has 0 bridgehead atoms. The van der Waals surface area contributed by atoms with E-state index in [0.717, 1.165) is 6.07 Å². The Morgan fingerprint density at radius 3 is 2.74 bits per heavy atom. The number of benzene rings is 2. The van der Waals surface area contributed by atoms with Gasteiger partial charge in [0.1, 0.15) is 11.6 Å². The minimum absolute atomic E-state index is 0.0131. The third kappa shape index (κ3) is 4.79.